The molecule has 194 valence electrons. The van der Waals surface area contributed by atoms with Crippen LogP contribution in [-0.4, -0.2) is 40.9 Å². The lowest BCUT2D eigenvalue weighted by atomic mass is 9.80. The lowest BCUT2D eigenvalue weighted by molar-refractivity contribution is -0.384. The van der Waals surface area contributed by atoms with Gasteiger partial charge in [0.15, 0.2) is 0 Å². The van der Waals surface area contributed by atoms with E-state index in [0.717, 1.165) is 11.8 Å². The van der Waals surface area contributed by atoms with E-state index in [9.17, 15) is 24.5 Å². The number of hydrogen-bond acceptors (Lipinski definition) is 10. The van der Waals surface area contributed by atoms with Crippen molar-refractivity contribution < 1.29 is 28.8 Å². The molecule has 0 radical (unpaired) electrons. The van der Waals surface area contributed by atoms with Crippen LogP contribution in [0.3, 0.4) is 0 Å². The van der Waals surface area contributed by atoms with Crippen molar-refractivity contribution in [1.82, 2.24) is 5.32 Å². The second-order valence-electron chi connectivity index (χ2n) is 7.98. The van der Waals surface area contributed by atoms with Crippen LogP contribution in [0.1, 0.15) is 42.6 Å². The van der Waals surface area contributed by atoms with Crippen LogP contribution in [0.5, 0.6) is 0 Å². The predicted octanol–water partition coefficient (Wildman–Crippen LogP) is 4.09. The van der Waals surface area contributed by atoms with Crippen LogP contribution in [0.25, 0.3) is 0 Å². The van der Waals surface area contributed by atoms with Crippen LogP contribution in [0.15, 0.2) is 71.1 Å². The summed E-state index contributed by atoms with van der Waals surface area (Å²) in [6, 6.07) is 12.2. The van der Waals surface area contributed by atoms with E-state index in [2.05, 4.69) is 5.32 Å². The van der Waals surface area contributed by atoms with E-state index >= 15 is 0 Å². The number of rotatable bonds is 9. The van der Waals surface area contributed by atoms with Crippen LogP contribution in [0.4, 0.5) is 11.4 Å². The van der Waals surface area contributed by atoms with E-state index in [1.54, 1.807) is 51.1 Å². The molecule has 2 aromatic rings. The number of nitro benzene ring substituents is 1. The van der Waals surface area contributed by atoms with E-state index < -0.39 is 22.8 Å². The number of esters is 2. The number of dihydropyridines is 1. The van der Waals surface area contributed by atoms with Gasteiger partial charge in [-0.15, -0.1) is 0 Å². The highest BCUT2D eigenvalue weighted by atomic mass is 32.2. The Labute approximate surface area is 218 Å². The number of non-ortho nitro benzene ring substituents is 1. The van der Waals surface area contributed by atoms with Crippen LogP contribution < -0.4 is 11.1 Å². The molecule has 0 saturated heterocycles. The number of ether oxygens (including phenoxy) is 2. The summed E-state index contributed by atoms with van der Waals surface area (Å²) in [4.78, 5) is 50.0. The van der Waals surface area contributed by atoms with E-state index in [1.165, 1.54) is 18.2 Å². The Hall–Kier alpha value is -4.12. The second-order valence-corrected chi connectivity index (χ2v) is 8.93. The minimum absolute atomic E-state index is 0.0518. The first-order chi connectivity index (χ1) is 17.7. The summed E-state index contributed by atoms with van der Waals surface area (Å²) < 4.78 is 10.6. The van der Waals surface area contributed by atoms with Gasteiger partial charge in [-0.05, 0) is 50.6 Å². The number of nitrogen functional groups attached to an aromatic ring is 1. The average molecular weight is 526 g/mol. The minimum Gasteiger partial charge on any atom is -0.463 e. The summed E-state index contributed by atoms with van der Waals surface area (Å²) in [7, 11) is 0. The number of carbonyl (C=O) groups is 3. The molecule has 1 aliphatic rings. The third kappa shape index (κ3) is 6.36. The van der Waals surface area contributed by atoms with Crippen molar-refractivity contribution in [3.8, 4) is 0 Å². The third-order valence-electron chi connectivity index (χ3n) is 5.54. The smallest absolute Gasteiger partial charge is 0.336 e. The Kier molecular flexibility index (Phi) is 9.07. The Morgan fingerprint density at radius 3 is 2.24 bits per heavy atom. The first kappa shape index (κ1) is 27.5. The molecule has 3 N–H and O–H groups in total. The van der Waals surface area contributed by atoms with Crippen molar-refractivity contribution >= 4 is 40.2 Å². The van der Waals surface area contributed by atoms with Crippen molar-refractivity contribution in [2.45, 2.75) is 26.7 Å². The summed E-state index contributed by atoms with van der Waals surface area (Å²) >= 11 is 0.953. The first-order valence-electron chi connectivity index (χ1n) is 11.5. The van der Waals surface area contributed by atoms with E-state index in [1.807, 2.05) is 0 Å². The molecule has 1 heterocycles. The molecule has 0 saturated carbocycles. The van der Waals surface area contributed by atoms with Gasteiger partial charge < -0.3 is 20.5 Å². The molecule has 37 heavy (non-hydrogen) atoms. The lowest BCUT2D eigenvalue weighted by Crippen LogP contribution is -2.34. The van der Waals surface area contributed by atoms with Crippen LogP contribution in [0.2, 0.25) is 0 Å². The van der Waals surface area contributed by atoms with Crippen molar-refractivity contribution in [3.63, 3.8) is 0 Å². The molecule has 2 aromatic carbocycles. The van der Waals surface area contributed by atoms with Crippen LogP contribution in [-0.2, 0) is 19.1 Å². The zero-order valence-corrected chi connectivity index (χ0v) is 21.4. The largest absolute Gasteiger partial charge is 0.463 e. The predicted molar refractivity (Wildman–Crippen MR) is 140 cm³/mol. The molecule has 1 unspecified atom stereocenters. The fraction of sp³-hybridized carbons (Fsp3) is 0.269. The Bertz CT molecular complexity index is 1290. The molecule has 10 nitrogen and oxygen atoms in total. The van der Waals surface area contributed by atoms with Gasteiger partial charge >= 0.3 is 11.9 Å². The minimum atomic E-state index is -1.01. The van der Waals surface area contributed by atoms with Crippen LogP contribution in [0, 0.1) is 10.1 Å². The zero-order valence-electron chi connectivity index (χ0n) is 20.6. The number of carbonyl (C=O) groups excluding carboxylic acids is 3. The van der Waals surface area contributed by atoms with Gasteiger partial charge in [0.1, 0.15) is 0 Å². The summed E-state index contributed by atoms with van der Waals surface area (Å²) in [5, 5.41) is 14.3. The molecule has 0 spiro atoms. The molecule has 1 aliphatic heterocycles. The second kappa shape index (κ2) is 12.2. The van der Waals surface area contributed by atoms with Gasteiger partial charge in [-0.2, -0.15) is 0 Å². The lowest BCUT2D eigenvalue weighted by Gasteiger charge is -2.31. The van der Waals surface area contributed by atoms with Gasteiger partial charge in [-0.25, -0.2) is 9.59 Å². The summed E-state index contributed by atoms with van der Waals surface area (Å²) in [6.07, 6.45) is 0. The van der Waals surface area contributed by atoms with Crippen molar-refractivity contribution in [1.29, 1.82) is 0 Å². The molecule has 0 aliphatic carbocycles. The Balaban J connectivity index is 2.12. The maximum absolute atomic E-state index is 13.3. The molecule has 0 bridgehead atoms. The van der Waals surface area contributed by atoms with Crippen molar-refractivity contribution in [2.75, 3.05) is 24.7 Å². The summed E-state index contributed by atoms with van der Waals surface area (Å²) in [6.45, 7) is 5.09. The molecule has 0 aromatic heterocycles. The molecule has 0 amide bonds. The number of nitrogens with zero attached hydrogens (tertiary/aromatic N) is 1. The van der Waals surface area contributed by atoms with E-state index in [-0.39, 0.29) is 40.9 Å². The van der Waals surface area contributed by atoms with E-state index in [0.29, 0.717) is 28.2 Å². The summed E-state index contributed by atoms with van der Waals surface area (Å²) in [5.41, 5.74) is 7.76. The number of hydrogen-bond donors (Lipinski definition) is 2. The average Bonchev–Trinajstić information content (AvgIpc) is 2.87. The van der Waals surface area contributed by atoms with Crippen molar-refractivity contribution in [2.24, 2.45) is 0 Å². The fourth-order valence-corrected chi connectivity index (χ4v) is 4.74. The number of benzene rings is 2. The highest BCUT2D eigenvalue weighted by Crippen LogP contribution is 2.41. The number of nitrogens with one attached hydrogen (secondary N) is 1. The Morgan fingerprint density at radius 2 is 1.65 bits per heavy atom. The fourth-order valence-electron chi connectivity index (χ4n) is 3.93. The number of nitrogens with two attached hydrogens (primary N) is 1. The van der Waals surface area contributed by atoms with E-state index in [4.69, 9.17) is 15.2 Å². The molecular weight excluding hydrogens is 498 g/mol. The highest BCUT2D eigenvalue weighted by molar-refractivity contribution is 8.14. The van der Waals surface area contributed by atoms with Gasteiger partial charge in [0, 0.05) is 40.5 Å². The summed E-state index contributed by atoms with van der Waals surface area (Å²) in [5.74, 6) is -2.34. The van der Waals surface area contributed by atoms with Gasteiger partial charge in [0.25, 0.3) is 5.69 Å². The quantitative estimate of drug-likeness (QED) is 0.212. The van der Waals surface area contributed by atoms with Crippen LogP contribution >= 0.6 is 11.8 Å². The number of thioether (sulfide) groups is 1. The monoisotopic (exact) mass is 525 g/mol. The van der Waals surface area contributed by atoms with Gasteiger partial charge in [0.05, 0.1) is 35.2 Å². The highest BCUT2D eigenvalue weighted by Gasteiger charge is 2.39. The van der Waals surface area contributed by atoms with Gasteiger partial charge in [-0.3, -0.25) is 14.9 Å². The number of anilines is 1. The van der Waals surface area contributed by atoms with Crippen molar-refractivity contribution in [3.05, 3.63) is 92.3 Å². The topological polar surface area (TPSA) is 151 Å². The molecule has 11 heteroatoms. The standard InChI is InChI=1S/C26H27N3O7S/c1-4-35-24(30)21-15(3)28-20(14-37-26(32)16-9-11-18(27)12-10-16)23(25(31)36-5-2)22(21)17-7-6-8-19(13-17)29(33)34/h6-13,22,28H,4-5,14,27H2,1-3H3. The molecule has 3 rings (SSSR count). The molecule has 1 atom stereocenters. The Morgan fingerprint density at radius 1 is 1.03 bits per heavy atom. The van der Waals surface area contributed by atoms with Gasteiger partial charge in [0.2, 0.25) is 5.12 Å². The molecular formula is C26H27N3O7S. The maximum Gasteiger partial charge on any atom is 0.336 e. The normalized spacial score (nSPS) is 15.2. The maximum atomic E-state index is 13.3. The number of allylic oxidation sites excluding steroid dienone is 1. The third-order valence-corrected chi connectivity index (χ3v) is 6.47. The number of nitro groups is 1. The van der Waals surface area contributed by atoms with Gasteiger partial charge in [-0.1, -0.05) is 23.9 Å². The SMILES string of the molecule is CCOC(=O)C1=C(C)NC(CSC(=O)c2ccc(N)cc2)=C(C(=O)OCC)C1c1cccc([N+](=O)[O-])c1. The zero-order chi connectivity index (χ0) is 27.1. The first-order valence-corrected chi connectivity index (χ1v) is 12.5. The molecule has 0 fully saturated rings.